The van der Waals surface area contributed by atoms with Crippen molar-refractivity contribution in [2.24, 2.45) is 0 Å². The number of nitrogens with zero attached hydrogens (tertiary/aromatic N) is 1. The van der Waals surface area contributed by atoms with Gasteiger partial charge in [0.2, 0.25) is 0 Å². The van der Waals surface area contributed by atoms with Gasteiger partial charge in [0.25, 0.3) is 11.8 Å². The van der Waals surface area contributed by atoms with Gasteiger partial charge in [-0.25, -0.2) is 0 Å². The number of halogens is 2. The Morgan fingerprint density at radius 2 is 1.66 bits per heavy atom. The lowest BCUT2D eigenvalue weighted by atomic mass is 10.0. The van der Waals surface area contributed by atoms with Gasteiger partial charge in [-0.1, -0.05) is 23.2 Å². The lowest BCUT2D eigenvalue weighted by molar-refractivity contribution is 0.0697. The molecule has 0 unspecified atom stereocenters. The number of likely N-dealkylation sites (tertiary alicyclic amines) is 1. The molecule has 0 atom stereocenters. The summed E-state index contributed by atoms with van der Waals surface area (Å²) in [6.07, 6.45) is 1.09. The molecule has 0 radical (unpaired) electrons. The third kappa shape index (κ3) is 4.68. The van der Waals surface area contributed by atoms with Crippen LogP contribution in [0.1, 0.15) is 33.6 Å². The topological polar surface area (TPSA) is 99.1 Å². The van der Waals surface area contributed by atoms with Crippen LogP contribution in [0.4, 0.5) is 0 Å². The molecule has 0 aliphatic carbocycles. The largest absolute Gasteiger partial charge is 0.508 e. The minimum atomic E-state index is -0.392. The minimum Gasteiger partial charge on any atom is -0.508 e. The Hall–Kier alpha value is -2.64. The number of rotatable bonds is 4. The number of nitrogens with one attached hydrogen (secondary N) is 1. The first kappa shape index (κ1) is 21.1. The molecule has 0 aromatic heterocycles. The second-order valence-corrected chi connectivity index (χ2v) is 7.53. The van der Waals surface area contributed by atoms with Crippen LogP contribution in [-0.4, -0.2) is 53.2 Å². The number of amides is 2. The molecule has 154 valence electrons. The van der Waals surface area contributed by atoms with Crippen LogP contribution in [0.3, 0.4) is 0 Å². The van der Waals surface area contributed by atoms with Crippen molar-refractivity contribution < 1.29 is 24.5 Å². The van der Waals surface area contributed by atoms with Crippen LogP contribution in [0.5, 0.6) is 17.2 Å². The summed E-state index contributed by atoms with van der Waals surface area (Å²) in [4.78, 5) is 26.9. The SMILES string of the molecule is COc1c(Cl)ccc(Cl)c1C(=O)NC1CCN(C(=O)c2cc(O)cc(O)c2)CC1. The highest BCUT2D eigenvalue weighted by Gasteiger charge is 2.27. The van der Waals surface area contributed by atoms with Crippen molar-refractivity contribution in [1.82, 2.24) is 10.2 Å². The fourth-order valence-corrected chi connectivity index (χ4v) is 3.80. The van der Waals surface area contributed by atoms with Crippen LogP contribution in [-0.2, 0) is 0 Å². The van der Waals surface area contributed by atoms with Gasteiger partial charge in [-0.05, 0) is 37.1 Å². The Bertz CT molecular complexity index is 922. The van der Waals surface area contributed by atoms with Crippen molar-refractivity contribution in [1.29, 1.82) is 0 Å². The van der Waals surface area contributed by atoms with E-state index in [1.807, 2.05) is 0 Å². The third-order valence-corrected chi connectivity index (χ3v) is 5.37. The number of piperidine rings is 1. The number of benzene rings is 2. The van der Waals surface area contributed by atoms with Crippen molar-refractivity contribution in [3.8, 4) is 17.2 Å². The van der Waals surface area contributed by atoms with E-state index in [1.165, 1.54) is 25.3 Å². The summed E-state index contributed by atoms with van der Waals surface area (Å²) in [6, 6.07) is 6.72. The van der Waals surface area contributed by atoms with Gasteiger partial charge in [-0.2, -0.15) is 0 Å². The summed E-state index contributed by atoms with van der Waals surface area (Å²) in [5.41, 5.74) is 0.385. The molecule has 3 N–H and O–H groups in total. The summed E-state index contributed by atoms with van der Waals surface area (Å²) >= 11 is 12.2. The molecule has 1 aliphatic heterocycles. The highest BCUT2D eigenvalue weighted by atomic mass is 35.5. The normalized spacial score (nSPS) is 14.5. The van der Waals surface area contributed by atoms with Gasteiger partial charge in [0.1, 0.15) is 17.1 Å². The van der Waals surface area contributed by atoms with Gasteiger partial charge in [0.15, 0.2) is 5.75 Å². The Kier molecular flexibility index (Phi) is 6.39. The predicted octanol–water partition coefficient (Wildman–Crippen LogP) is 3.45. The average molecular weight is 439 g/mol. The van der Waals surface area contributed by atoms with Crippen LogP contribution >= 0.6 is 23.2 Å². The van der Waals surface area contributed by atoms with Crippen LogP contribution in [0.2, 0.25) is 10.0 Å². The third-order valence-electron chi connectivity index (χ3n) is 4.76. The highest BCUT2D eigenvalue weighted by Crippen LogP contribution is 2.34. The van der Waals surface area contributed by atoms with Gasteiger partial charge in [-0.3, -0.25) is 9.59 Å². The fourth-order valence-electron chi connectivity index (χ4n) is 3.33. The van der Waals surface area contributed by atoms with E-state index in [0.29, 0.717) is 25.9 Å². The zero-order valence-electron chi connectivity index (χ0n) is 15.6. The Labute approximate surface area is 177 Å². The molecule has 0 bridgehead atoms. The summed E-state index contributed by atoms with van der Waals surface area (Å²) in [5, 5.41) is 22.6. The fraction of sp³-hybridized carbons (Fsp3) is 0.300. The molecule has 1 fully saturated rings. The molecule has 1 aliphatic rings. The van der Waals surface area contributed by atoms with Gasteiger partial charge in [-0.15, -0.1) is 0 Å². The van der Waals surface area contributed by atoms with Gasteiger partial charge < -0.3 is 25.2 Å². The average Bonchev–Trinajstić information content (AvgIpc) is 2.68. The predicted molar refractivity (Wildman–Crippen MR) is 109 cm³/mol. The first-order valence-corrected chi connectivity index (χ1v) is 9.71. The molecular formula is C20H20Cl2N2O5. The molecule has 0 saturated carbocycles. The van der Waals surface area contributed by atoms with E-state index in [1.54, 1.807) is 11.0 Å². The van der Waals surface area contributed by atoms with E-state index in [-0.39, 0.29) is 50.4 Å². The maximum atomic E-state index is 12.7. The van der Waals surface area contributed by atoms with E-state index in [4.69, 9.17) is 27.9 Å². The molecular weight excluding hydrogens is 419 g/mol. The van der Waals surface area contributed by atoms with Gasteiger partial charge >= 0.3 is 0 Å². The van der Waals surface area contributed by atoms with E-state index in [0.717, 1.165) is 6.07 Å². The second-order valence-electron chi connectivity index (χ2n) is 6.72. The summed E-state index contributed by atoms with van der Waals surface area (Å²) in [5.74, 6) is -0.823. The number of aromatic hydroxyl groups is 2. The zero-order valence-corrected chi connectivity index (χ0v) is 17.1. The smallest absolute Gasteiger partial charge is 0.256 e. The van der Waals surface area contributed by atoms with Crippen molar-refractivity contribution in [3.05, 3.63) is 51.5 Å². The number of carbonyl (C=O) groups excluding carboxylic acids is 2. The number of carbonyl (C=O) groups is 2. The Morgan fingerprint density at radius 3 is 2.24 bits per heavy atom. The van der Waals surface area contributed by atoms with E-state index in [2.05, 4.69) is 5.32 Å². The standard InChI is InChI=1S/C20H20Cl2N2O5/c1-29-18-16(22)3-2-15(21)17(18)19(27)23-12-4-6-24(7-5-12)20(28)11-8-13(25)10-14(26)9-11/h2-3,8-10,12,25-26H,4-7H2,1H3,(H,23,27). The molecule has 0 spiro atoms. The van der Waals surface area contributed by atoms with Crippen molar-refractivity contribution in [2.75, 3.05) is 20.2 Å². The Morgan fingerprint density at radius 1 is 1.07 bits per heavy atom. The van der Waals surface area contributed by atoms with Crippen LogP contribution in [0, 0.1) is 0 Å². The zero-order chi connectivity index (χ0) is 21.1. The number of ether oxygens (including phenoxy) is 1. The molecule has 2 amide bonds. The lowest BCUT2D eigenvalue weighted by Gasteiger charge is -2.32. The van der Waals surface area contributed by atoms with Crippen molar-refractivity contribution >= 4 is 35.0 Å². The number of hydrogen-bond donors (Lipinski definition) is 3. The molecule has 1 heterocycles. The van der Waals surface area contributed by atoms with Gasteiger partial charge in [0, 0.05) is 30.8 Å². The molecule has 2 aromatic rings. The van der Waals surface area contributed by atoms with E-state index in [9.17, 15) is 19.8 Å². The first-order chi connectivity index (χ1) is 13.8. The number of phenols is 2. The maximum absolute atomic E-state index is 12.7. The summed E-state index contributed by atoms with van der Waals surface area (Å²) < 4.78 is 5.21. The summed E-state index contributed by atoms with van der Waals surface area (Å²) in [7, 11) is 1.41. The molecule has 3 rings (SSSR count). The van der Waals surface area contributed by atoms with E-state index < -0.39 is 5.91 Å². The second kappa shape index (κ2) is 8.80. The van der Waals surface area contributed by atoms with Crippen LogP contribution in [0.15, 0.2) is 30.3 Å². The quantitative estimate of drug-likeness (QED) is 0.678. The van der Waals surface area contributed by atoms with Crippen LogP contribution in [0.25, 0.3) is 0 Å². The first-order valence-electron chi connectivity index (χ1n) is 8.95. The highest BCUT2D eigenvalue weighted by molar-refractivity contribution is 6.37. The van der Waals surface area contributed by atoms with Crippen molar-refractivity contribution in [3.63, 3.8) is 0 Å². The van der Waals surface area contributed by atoms with Crippen molar-refractivity contribution in [2.45, 2.75) is 18.9 Å². The number of hydrogen-bond acceptors (Lipinski definition) is 5. The maximum Gasteiger partial charge on any atom is 0.256 e. The molecule has 9 heteroatoms. The lowest BCUT2D eigenvalue weighted by Crippen LogP contribution is -2.46. The molecule has 2 aromatic carbocycles. The molecule has 7 nitrogen and oxygen atoms in total. The van der Waals surface area contributed by atoms with E-state index >= 15 is 0 Å². The minimum absolute atomic E-state index is 0.149. The summed E-state index contributed by atoms with van der Waals surface area (Å²) in [6.45, 7) is 0.835. The monoisotopic (exact) mass is 438 g/mol. The van der Waals surface area contributed by atoms with Gasteiger partial charge in [0.05, 0.1) is 17.2 Å². The Balaban J connectivity index is 1.64. The van der Waals surface area contributed by atoms with Crippen LogP contribution < -0.4 is 10.1 Å². The number of methoxy groups -OCH3 is 1. The molecule has 1 saturated heterocycles. The number of phenolic OH excluding ortho intramolecular Hbond substituents is 2. The molecule has 29 heavy (non-hydrogen) atoms.